The minimum absolute atomic E-state index is 0.0465. The quantitative estimate of drug-likeness (QED) is 0.366. The fourth-order valence-electron chi connectivity index (χ4n) is 3.20. The van der Waals surface area contributed by atoms with Gasteiger partial charge >= 0.3 is 5.97 Å². The van der Waals surface area contributed by atoms with Crippen LogP contribution in [0.25, 0.3) is 0 Å². The Morgan fingerprint density at radius 2 is 1.77 bits per heavy atom. The number of hydrogen-bond donors (Lipinski definition) is 4. The molecule has 2 aromatic rings. The molecule has 1 aliphatic rings. The predicted octanol–water partition coefficient (Wildman–Crippen LogP) is 1.32. The zero-order valence-electron chi connectivity index (χ0n) is 16.1. The van der Waals surface area contributed by atoms with Crippen LogP contribution in [0, 0.1) is 0 Å². The molecule has 4 N–H and O–H groups in total. The van der Waals surface area contributed by atoms with E-state index >= 15 is 0 Å². The molecule has 10 heteroatoms. The number of amides is 2. The number of nitrogens with zero attached hydrogens (tertiary/aromatic N) is 2. The molecule has 3 atom stereocenters. The second-order valence-electron chi connectivity index (χ2n) is 6.88. The van der Waals surface area contributed by atoms with Crippen LogP contribution in [-0.2, 0) is 20.8 Å². The van der Waals surface area contributed by atoms with E-state index < -0.39 is 35.2 Å². The molecule has 9 nitrogen and oxygen atoms in total. The molecule has 0 bridgehead atoms. The average Bonchev–Trinajstić information content (AvgIpc) is 3.01. The third-order valence-electron chi connectivity index (χ3n) is 4.59. The van der Waals surface area contributed by atoms with Crippen LogP contribution in [0.1, 0.15) is 12.5 Å². The Morgan fingerprint density at radius 3 is 2.30 bits per heavy atom. The van der Waals surface area contributed by atoms with Gasteiger partial charge in [0.2, 0.25) is 23.6 Å². The van der Waals surface area contributed by atoms with Gasteiger partial charge in [0.15, 0.2) is 6.04 Å². The largest absolute Gasteiger partial charge is 0.494 e. The van der Waals surface area contributed by atoms with Crippen molar-refractivity contribution < 1.29 is 29.7 Å². The van der Waals surface area contributed by atoms with Crippen LogP contribution in [0.5, 0.6) is 11.8 Å². The van der Waals surface area contributed by atoms with Crippen LogP contribution >= 0.6 is 11.9 Å². The highest BCUT2D eigenvalue weighted by atomic mass is 32.2. The highest BCUT2D eigenvalue weighted by molar-refractivity contribution is 7.98. The van der Waals surface area contributed by atoms with Gasteiger partial charge in [-0.3, -0.25) is 9.59 Å². The molecule has 2 heterocycles. The van der Waals surface area contributed by atoms with Gasteiger partial charge in [-0.15, -0.1) is 0 Å². The summed E-state index contributed by atoms with van der Waals surface area (Å²) in [5.41, 5.74) is 0.991. The van der Waals surface area contributed by atoms with Crippen molar-refractivity contribution in [2.24, 2.45) is 0 Å². The molecule has 158 valence electrons. The monoisotopic (exact) mass is 431 g/mol. The first-order valence-electron chi connectivity index (χ1n) is 9.01. The van der Waals surface area contributed by atoms with Gasteiger partial charge in [-0.1, -0.05) is 36.9 Å². The molecule has 30 heavy (non-hydrogen) atoms. The molecule has 0 spiro atoms. The molecule has 0 saturated carbocycles. The minimum atomic E-state index is -1.31. The van der Waals surface area contributed by atoms with Crippen LogP contribution < -0.4 is 5.32 Å². The van der Waals surface area contributed by atoms with Crippen LogP contribution in [0.2, 0.25) is 0 Å². The van der Waals surface area contributed by atoms with Crippen molar-refractivity contribution in [3.8, 4) is 11.8 Å². The Balaban J connectivity index is 1.83. The van der Waals surface area contributed by atoms with E-state index in [1.165, 1.54) is 19.1 Å². The number of carbonyl (C=O) groups excluding carboxylic acids is 2. The average molecular weight is 431 g/mol. The summed E-state index contributed by atoms with van der Waals surface area (Å²) in [6.45, 7) is 5.13. The summed E-state index contributed by atoms with van der Waals surface area (Å²) in [4.78, 5) is 38.0. The number of carboxylic acid groups (broad SMARTS) is 1. The summed E-state index contributed by atoms with van der Waals surface area (Å²) in [6.07, 6.45) is 0.0465. The van der Waals surface area contributed by atoms with Gasteiger partial charge < -0.3 is 25.5 Å². The Hall–Kier alpha value is -3.40. The Kier molecular flexibility index (Phi) is 6.06. The third kappa shape index (κ3) is 4.13. The van der Waals surface area contributed by atoms with E-state index in [1.54, 1.807) is 24.3 Å². The van der Waals surface area contributed by atoms with E-state index in [1.807, 2.05) is 6.07 Å². The number of hydrogen-bond acceptors (Lipinski definition) is 6. The lowest BCUT2D eigenvalue weighted by atomic mass is 9.99. The normalized spacial score (nSPS) is 19.1. The zero-order valence-corrected chi connectivity index (χ0v) is 16.9. The molecular formula is C20H21N3O6S. The lowest BCUT2D eigenvalue weighted by Crippen LogP contribution is -2.73. The van der Waals surface area contributed by atoms with Crippen molar-refractivity contribution >= 4 is 29.7 Å². The Bertz CT molecular complexity index is 956. The fourth-order valence-corrected chi connectivity index (χ4v) is 4.38. The zero-order chi connectivity index (χ0) is 22.0. The highest BCUT2D eigenvalue weighted by Crippen LogP contribution is 2.39. The lowest BCUT2D eigenvalue weighted by molar-refractivity contribution is -0.159. The molecule has 1 fully saturated rings. The van der Waals surface area contributed by atoms with Crippen molar-refractivity contribution in [1.82, 2.24) is 14.2 Å². The smallest absolute Gasteiger partial charge is 0.330 e. The van der Waals surface area contributed by atoms with Crippen LogP contribution in [0.15, 0.2) is 54.6 Å². The molecular weight excluding hydrogens is 410 g/mol. The van der Waals surface area contributed by atoms with E-state index in [0.717, 1.165) is 26.4 Å². The van der Waals surface area contributed by atoms with E-state index in [9.17, 15) is 29.7 Å². The number of aromatic nitrogens is 1. The second kappa shape index (κ2) is 8.54. The first kappa shape index (κ1) is 21.3. The van der Waals surface area contributed by atoms with Gasteiger partial charge in [0.05, 0.1) is 6.42 Å². The lowest BCUT2D eigenvalue weighted by Gasteiger charge is -2.49. The number of likely N-dealkylation sites (tertiary alicyclic amines) is 1. The number of carbonyl (C=O) groups is 3. The maximum absolute atomic E-state index is 12.8. The van der Waals surface area contributed by atoms with Crippen molar-refractivity contribution in [3.05, 3.63) is 60.2 Å². The molecule has 3 unspecified atom stereocenters. The number of aliphatic carboxylic acids is 1. The van der Waals surface area contributed by atoms with Crippen molar-refractivity contribution in [2.75, 3.05) is 0 Å². The standard InChI is InChI=1S/C20H21N3O6S/c1-11(2)17(20(28)29)22-18(27)16(19(22)30-23-14(25)8-9-15(23)26)21-13(24)10-12-6-4-3-5-7-12/h3-9,16-17,19,25-26H,1,10H2,2H3,(H,21,24)(H,28,29). The molecule has 2 amide bonds. The van der Waals surface area contributed by atoms with Gasteiger partial charge in [-0.05, 0) is 30.0 Å². The first-order chi connectivity index (χ1) is 14.2. The van der Waals surface area contributed by atoms with Crippen LogP contribution in [-0.4, -0.2) is 59.4 Å². The van der Waals surface area contributed by atoms with E-state index in [0.29, 0.717) is 0 Å². The predicted molar refractivity (Wildman–Crippen MR) is 110 cm³/mol. The van der Waals surface area contributed by atoms with Gasteiger partial charge in [-0.2, -0.15) is 0 Å². The number of β-lactam (4-membered cyclic amide) rings is 1. The van der Waals surface area contributed by atoms with E-state index in [2.05, 4.69) is 11.9 Å². The summed E-state index contributed by atoms with van der Waals surface area (Å²) in [7, 11) is 0. The topological polar surface area (TPSA) is 132 Å². The Labute approximate surface area is 176 Å². The van der Waals surface area contributed by atoms with Crippen molar-refractivity contribution in [2.45, 2.75) is 30.8 Å². The second-order valence-corrected chi connectivity index (χ2v) is 7.94. The highest BCUT2D eigenvalue weighted by Gasteiger charge is 2.54. The number of rotatable bonds is 8. The van der Waals surface area contributed by atoms with Gasteiger partial charge in [0.25, 0.3) is 0 Å². The van der Waals surface area contributed by atoms with Gasteiger partial charge in [0.1, 0.15) is 11.4 Å². The summed E-state index contributed by atoms with van der Waals surface area (Å²) in [5.74, 6) is -2.83. The summed E-state index contributed by atoms with van der Waals surface area (Å²) in [6, 6.07) is 9.12. The molecule has 0 aliphatic carbocycles. The summed E-state index contributed by atoms with van der Waals surface area (Å²) in [5, 5.41) is 31.2. The molecule has 3 rings (SSSR count). The van der Waals surface area contributed by atoms with Crippen molar-refractivity contribution in [1.29, 1.82) is 0 Å². The van der Waals surface area contributed by atoms with E-state index in [4.69, 9.17) is 0 Å². The number of aromatic hydroxyl groups is 2. The Morgan fingerprint density at radius 1 is 1.17 bits per heavy atom. The number of carboxylic acids is 1. The molecule has 1 saturated heterocycles. The summed E-state index contributed by atoms with van der Waals surface area (Å²) < 4.78 is 1.05. The maximum atomic E-state index is 12.8. The first-order valence-corrected chi connectivity index (χ1v) is 9.85. The van der Waals surface area contributed by atoms with Crippen LogP contribution in [0.3, 0.4) is 0 Å². The maximum Gasteiger partial charge on any atom is 0.330 e. The molecule has 1 aliphatic heterocycles. The SMILES string of the molecule is C=C(C)C(C(=O)O)N1C(=O)C(NC(=O)Cc2ccccc2)C1Sn1c(O)ccc1O. The molecule has 0 radical (unpaired) electrons. The summed E-state index contributed by atoms with van der Waals surface area (Å²) >= 11 is 0.824. The van der Waals surface area contributed by atoms with Gasteiger partial charge in [0, 0.05) is 12.1 Å². The number of nitrogens with one attached hydrogen (secondary N) is 1. The minimum Gasteiger partial charge on any atom is -0.494 e. The fraction of sp³-hybridized carbons (Fsp3) is 0.250. The third-order valence-corrected chi connectivity index (χ3v) is 5.89. The molecule has 1 aromatic carbocycles. The van der Waals surface area contributed by atoms with Crippen LogP contribution in [0.4, 0.5) is 0 Å². The van der Waals surface area contributed by atoms with E-state index in [-0.39, 0.29) is 23.8 Å². The van der Waals surface area contributed by atoms with Crippen molar-refractivity contribution in [3.63, 3.8) is 0 Å². The van der Waals surface area contributed by atoms with Gasteiger partial charge in [-0.25, -0.2) is 8.77 Å². The molecule has 1 aromatic heterocycles. The number of benzene rings is 1.